The second kappa shape index (κ2) is 9.30. The van der Waals surface area contributed by atoms with E-state index in [1.807, 2.05) is 54.6 Å². The van der Waals surface area contributed by atoms with Gasteiger partial charge in [-0.2, -0.15) is 0 Å². The van der Waals surface area contributed by atoms with Crippen molar-refractivity contribution in [3.8, 4) is 0 Å². The number of nitrogens with one attached hydrogen (secondary N) is 1. The van der Waals surface area contributed by atoms with Gasteiger partial charge >= 0.3 is 0 Å². The summed E-state index contributed by atoms with van der Waals surface area (Å²) in [6.07, 6.45) is -2.93. The summed E-state index contributed by atoms with van der Waals surface area (Å²) < 4.78 is 26.4. The molecule has 1 N–H and O–H groups in total. The Bertz CT molecular complexity index is 977. The van der Waals surface area contributed by atoms with Gasteiger partial charge in [0.2, 0.25) is 6.43 Å². The summed E-state index contributed by atoms with van der Waals surface area (Å²) in [7, 11) is 0. The van der Waals surface area contributed by atoms with Crippen LogP contribution in [0.25, 0.3) is 0 Å². The molecule has 0 radical (unpaired) electrons. The number of rotatable bonds is 8. The van der Waals surface area contributed by atoms with Crippen LogP contribution in [0.5, 0.6) is 0 Å². The van der Waals surface area contributed by atoms with Crippen LogP contribution in [0.4, 0.5) is 8.78 Å². The van der Waals surface area contributed by atoms with E-state index in [9.17, 15) is 13.6 Å². The molecular weight excluding hydrogens is 411 g/mol. The molecule has 5 heteroatoms. The SMILES string of the molecule is CC(CC(F)F)C(=O)C(C1CN1)=P(c1ccccc1)(c1ccccc1)c1ccccc1. The van der Waals surface area contributed by atoms with E-state index in [-0.39, 0.29) is 11.8 Å². The third-order valence-electron chi connectivity index (χ3n) is 5.76. The van der Waals surface area contributed by atoms with Gasteiger partial charge < -0.3 is 5.32 Å². The van der Waals surface area contributed by atoms with Gasteiger partial charge in [0.25, 0.3) is 0 Å². The molecule has 0 bridgehead atoms. The van der Waals surface area contributed by atoms with Crippen LogP contribution in [0.2, 0.25) is 0 Å². The van der Waals surface area contributed by atoms with Crippen molar-refractivity contribution in [2.45, 2.75) is 25.8 Å². The normalized spacial score (nSPS) is 16.7. The van der Waals surface area contributed by atoms with Crippen molar-refractivity contribution < 1.29 is 13.6 Å². The smallest absolute Gasteiger partial charge is 0.239 e. The minimum absolute atomic E-state index is 0.0958. The van der Waals surface area contributed by atoms with Gasteiger partial charge in [0.1, 0.15) is 0 Å². The Labute approximate surface area is 182 Å². The summed E-state index contributed by atoms with van der Waals surface area (Å²) in [5.41, 5.74) is 0. The van der Waals surface area contributed by atoms with E-state index >= 15 is 0 Å². The van der Waals surface area contributed by atoms with Crippen molar-refractivity contribution >= 4 is 33.9 Å². The number of carbonyl (C=O) groups excluding carboxylic acids is 1. The van der Waals surface area contributed by atoms with Crippen LogP contribution in [-0.4, -0.2) is 30.1 Å². The van der Waals surface area contributed by atoms with E-state index in [4.69, 9.17) is 0 Å². The molecule has 0 amide bonds. The van der Waals surface area contributed by atoms with E-state index in [1.165, 1.54) is 0 Å². The first kappa shape index (κ1) is 21.7. The largest absolute Gasteiger partial charge is 0.307 e. The fourth-order valence-corrected chi connectivity index (χ4v) is 9.06. The number of Topliss-reactive ketones (excluding diaryl/α,β-unsaturated/α-hetero) is 1. The number of hydrogen-bond acceptors (Lipinski definition) is 2. The molecule has 160 valence electrons. The van der Waals surface area contributed by atoms with Gasteiger partial charge in [0.05, 0.1) is 0 Å². The summed E-state index contributed by atoms with van der Waals surface area (Å²) in [6.45, 7) is -0.228. The van der Waals surface area contributed by atoms with Crippen LogP contribution in [-0.2, 0) is 4.79 Å². The first-order chi connectivity index (χ1) is 15.0. The third-order valence-corrected chi connectivity index (χ3v) is 10.2. The fourth-order valence-electron chi connectivity index (χ4n) is 4.27. The predicted octanol–water partition coefficient (Wildman–Crippen LogP) is 3.99. The number of ketones is 1. The minimum atomic E-state index is -2.55. The van der Waals surface area contributed by atoms with E-state index in [0.717, 1.165) is 21.2 Å². The zero-order valence-corrected chi connectivity index (χ0v) is 18.3. The standard InChI is InChI=1S/C26H26F2NOP/c1-19(17-24(27)28)25(30)26(23-18-29-23)31(20-11-5-2-6-12-20,21-13-7-3-8-14-21)22-15-9-4-10-16-22/h2-16,19,23-24,29H,17-18H2,1H3. The van der Waals surface area contributed by atoms with Gasteiger partial charge in [-0.1, -0.05) is 97.9 Å². The lowest BCUT2D eigenvalue weighted by Crippen LogP contribution is -2.39. The third kappa shape index (κ3) is 4.28. The Morgan fingerprint density at radius 1 is 0.871 bits per heavy atom. The summed E-state index contributed by atoms with van der Waals surface area (Å²) in [5, 5.41) is 7.27. The molecule has 0 aliphatic carbocycles. The van der Waals surface area contributed by atoms with Crippen LogP contribution in [0.3, 0.4) is 0 Å². The lowest BCUT2D eigenvalue weighted by atomic mass is 9.99. The summed E-state index contributed by atoms with van der Waals surface area (Å²) in [4.78, 5) is 13.8. The average Bonchev–Trinajstić information content (AvgIpc) is 3.63. The van der Waals surface area contributed by atoms with Crippen molar-refractivity contribution in [2.75, 3.05) is 6.54 Å². The highest BCUT2D eigenvalue weighted by atomic mass is 31.2. The van der Waals surface area contributed by atoms with E-state index in [2.05, 4.69) is 41.7 Å². The topological polar surface area (TPSA) is 39.0 Å². The number of halogens is 2. The van der Waals surface area contributed by atoms with Gasteiger partial charge in [-0.05, 0) is 22.8 Å². The van der Waals surface area contributed by atoms with Crippen molar-refractivity contribution in [3.63, 3.8) is 0 Å². The zero-order valence-electron chi connectivity index (χ0n) is 17.4. The average molecular weight is 437 g/mol. The molecule has 3 aromatic rings. The van der Waals surface area contributed by atoms with E-state index in [1.54, 1.807) is 6.92 Å². The molecular formula is C26H26F2NOP. The maximum Gasteiger partial charge on any atom is 0.239 e. The number of carbonyl (C=O) groups is 1. The van der Waals surface area contributed by atoms with Crippen molar-refractivity contribution in [1.29, 1.82) is 0 Å². The Morgan fingerprint density at radius 3 is 1.58 bits per heavy atom. The van der Waals surface area contributed by atoms with Crippen LogP contribution in [0, 0.1) is 5.92 Å². The zero-order chi connectivity index (χ0) is 21.8. The molecule has 0 aromatic heterocycles. The molecule has 0 spiro atoms. The van der Waals surface area contributed by atoms with E-state index < -0.39 is 25.7 Å². The maximum atomic E-state index is 13.8. The molecule has 1 aliphatic heterocycles. The second-order valence-corrected chi connectivity index (χ2v) is 11.3. The Kier molecular flexibility index (Phi) is 6.50. The lowest BCUT2D eigenvalue weighted by Gasteiger charge is -2.33. The highest BCUT2D eigenvalue weighted by Gasteiger charge is 2.42. The first-order valence-electron chi connectivity index (χ1n) is 10.5. The number of hydrogen-bond donors (Lipinski definition) is 1. The lowest BCUT2D eigenvalue weighted by molar-refractivity contribution is -0.117. The molecule has 0 saturated carbocycles. The second-order valence-electron chi connectivity index (χ2n) is 7.92. The molecule has 1 heterocycles. The van der Waals surface area contributed by atoms with Crippen molar-refractivity contribution in [2.24, 2.45) is 5.92 Å². The minimum Gasteiger partial charge on any atom is -0.307 e. The first-order valence-corrected chi connectivity index (χ1v) is 12.3. The summed E-state index contributed by atoms with van der Waals surface area (Å²) >= 11 is 0. The molecule has 2 unspecified atom stereocenters. The molecule has 3 aromatic carbocycles. The predicted molar refractivity (Wildman–Crippen MR) is 127 cm³/mol. The monoisotopic (exact) mass is 437 g/mol. The number of alkyl halides is 2. The summed E-state index contributed by atoms with van der Waals surface area (Å²) in [5.74, 6) is -0.895. The Morgan fingerprint density at radius 2 is 1.26 bits per heavy atom. The van der Waals surface area contributed by atoms with Gasteiger partial charge in [0, 0.05) is 30.2 Å². The van der Waals surface area contributed by atoms with Gasteiger partial charge in [-0.3, -0.25) is 4.79 Å². The maximum absolute atomic E-state index is 13.8. The molecule has 2 atom stereocenters. The Hall–Kier alpha value is -2.55. The Balaban J connectivity index is 2.14. The highest BCUT2D eigenvalue weighted by Crippen LogP contribution is 2.48. The van der Waals surface area contributed by atoms with E-state index in [0.29, 0.717) is 6.54 Å². The van der Waals surface area contributed by atoms with Gasteiger partial charge in [-0.25, -0.2) is 8.78 Å². The highest BCUT2D eigenvalue weighted by molar-refractivity contribution is 7.96. The van der Waals surface area contributed by atoms with Crippen molar-refractivity contribution in [3.05, 3.63) is 91.0 Å². The van der Waals surface area contributed by atoms with Crippen LogP contribution >= 0.6 is 6.89 Å². The summed E-state index contributed by atoms with van der Waals surface area (Å²) in [6, 6.07) is 30.1. The molecule has 4 rings (SSSR count). The molecule has 1 fully saturated rings. The van der Waals surface area contributed by atoms with Gasteiger partial charge in [0.15, 0.2) is 5.78 Å². The molecule has 1 saturated heterocycles. The molecule has 2 nitrogen and oxygen atoms in total. The van der Waals surface area contributed by atoms with Crippen molar-refractivity contribution in [1.82, 2.24) is 5.32 Å². The van der Waals surface area contributed by atoms with Crippen LogP contribution in [0.1, 0.15) is 13.3 Å². The van der Waals surface area contributed by atoms with Crippen LogP contribution in [0.15, 0.2) is 91.0 Å². The molecule has 31 heavy (non-hydrogen) atoms. The number of benzene rings is 3. The van der Waals surface area contributed by atoms with Gasteiger partial charge in [-0.15, -0.1) is 0 Å². The quantitative estimate of drug-likeness (QED) is 0.428. The fraction of sp³-hybridized carbons (Fsp3) is 0.231. The van der Waals surface area contributed by atoms with Crippen LogP contribution < -0.4 is 21.2 Å². The molecule has 1 aliphatic rings.